The Bertz CT molecular complexity index is 523. The van der Waals surface area contributed by atoms with Crippen LogP contribution in [0.2, 0.25) is 0 Å². The first-order valence-electron chi connectivity index (χ1n) is 6.94. The van der Waals surface area contributed by atoms with Crippen LogP contribution in [0, 0.1) is 0 Å². The molecule has 1 heterocycles. The van der Waals surface area contributed by atoms with Crippen molar-refractivity contribution >= 4 is 5.91 Å². The number of carbonyl (C=O) groups is 1. The van der Waals surface area contributed by atoms with E-state index in [2.05, 4.69) is 26.1 Å². The van der Waals surface area contributed by atoms with Gasteiger partial charge in [-0.3, -0.25) is 4.79 Å². The zero-order chi connectivity index (χ0) is 15.5. The molecule has 1 aromatic carbocycles. The molecule has 6 heteroatoms. The summed E-state index contributed by atoms with van der Waals surface area (Å²) >= 11 is 0. The Morgan fingerprint density at radius 1 is 1.33 bits per heavy atom. The van der Waals surface area contributed by atoms with Gasteiger partial charge in [-0.15, -0.1) is 0 Å². The molecular weight excluding hydrogens is 272 g/mol. The Balaban J connectivity index is 2.13. The monoisotopic (exact) mass is 294 g/mol. The fourth-order valence-corrected chi connectivity index (χ4v) is 1.86. The molecule has 0 spiro atoms. The number of nitrogens with two attached hydrogens (primary N) is 1. The molecule has 1 amide bonds. The van der Waals surface area contributed by atoms with Gasteiger partial charge in [0.2, 0.25) is 12.7 Å². The van der Waals surface area contributed by atoms with E-state index in [1.165, 1.54) is 0 Å². The SMILES string of the molecule is CC(C)(C)NCc1cc2c(cc1OCCC(N)=O)OCO2. The third-order valence-electron chi connectivity index (χ3n) is 2.97. The number of rotatable bonds is 6. The lowest BCUT2D eigenvalue weighted by Gasteiger charge is -2.22. The minimum Gasteiger partial charge on any atom is -0.493 e. The summed E-state index contributed by atoms with van der Waals surface area (Å²) in [4.78, 5) is 10.8. The second-order valence-electron chi connectivity index (χ2n) is 5.98. The topological polar surface area (TPSA) is 82.8 Å². The van der Waals surface area contributed by atoms with Crippen LogP contribution < -0.4 is 25.3 Å². The van der Waals surface area contributed by atoms with E-state index < -0.39 is 0 Å². The number of primary amides is 1. The molecule has 1 aromatic rings. The van der Waals surface area contributed by atoms with Gasteiger partial charge in [0.1, 0.15) is 5.75 Å². The fourth-order valence-electron chi connectivity index (χ4n) is 1.86. The summed E-state index contributed by atoms with van der Waals surface area (Å²) in [5, 5.41) is 3.40. The van der Waals surface area contributed by atoms with Crippen molar-refractivity contribution in [1.29, 1.82) is 0 Å². The minimum absolute atomic E-state index is 0.0130. The smallest absolute Gasteiger partial charge is 0.231 e. The second-order valence-corrected chi connectivity index (χ2v) is 5.98. The van der Waals surface area contributed by atoms with Gasteiger partial charge in [0.25, 0.3) is 0 Å². The van der Waals surface area contributed by atoms with Crippen LogP contribution in [0.5, 0.6) is 17.2 Å². The van der Waals surface area contributed by atoms with Gasteiger partial charge in [-0.2, -0.15) is 0 Å². The first-order chi connectivity index (χ1) is 9.85. The highest BCUT2D eigenvalue weighted by atomic mass is 16.7. The summed E-state index contributed by atoms with van der Waals surface area (Å²) in [6, 6.07) is 3.70. The van der Waals surface area contributed by atoms with Crippen molar-refractivity contribution in [2.75, 3.05) is 13.4 Å². The highest BCUT2D eigenvalue weighted by molar-refractivity contribution is 5.73. The number of benzene rings is 1. The van der Waals surface area contributed by atoms with Crippen LogP contribution in [0.1, 0.15) is 32.8 Å². The predicted octanol–water partition coefficient (Wildman–Crippen LogP) is 1.56. The van der Waals surface area contributed by atoms with Crippen LogP contribution in [-0.4, -0.2) is 24.8 Å². The Kier molecular flexibility index (Phi) is 4.57. The Morgan fingerprint density at radius 3 is 2.62 bits per heavy atom. The highest BCUT2D eigenvalue weighted by Crippen LogP contribution is 2.38. The normalized spacial score (nSPS) is 13.3. The lowest BCUT2D eigenvalue weighted by Crippen LogP contribution is -2.35. The maximum absolute atomic E-state index is 10.8. The molecule has 0 saturated carbocycles. The predicted molar refractivity (Wildman–Crippen MR) is 78.5 cm³/mol. The molecule has 0 bridgehead atoms. The summed E-state index contributed by atoms with van der Waals surface area (Å²) in [6.45, 7) is 7.37. The van der Waals surface area contributed by atoms with Crippen molar-refractivity contribution in [2.24, 2.45) is 5.73 Å². The number of carbonyl (C=O) groups excluding carboxylic acids is 1. The van der Waals surface area contributed by atoms with Crippen LogP contribution in [0.25, 0.3) is 0 Å². The lowest BCUT2D eigenvalue weighted by atomic mass is 10.1. The molecule has 1 aliphatic rings. The van der Waals surface area contributed by atoms with Gasteiger partial charge >= 0.3 is 0 Å². The quantitative estimate of drug-likeness (QED) is 0.832. The van der Waals surface area contributed by atoms with E-state index in [0.717, 1.165) is 5.56 Å². The van der Waals surface area contributed by atoms with Gasteiger partial charge < -0.3 is 25.3 Å². The Hall–Kier alpha value is -1.95. The number of amides is 1. The molecule has 21 heavy (non-hydrogen) atoms. The van der Waals surface area contributed by atoms with Gasteiger partial charge in [-0.1, -0.05) is 0 Å². The highest BCUT2D eigenvalue weighted by Gasteiger charge is 2.19. The molecule has 6 nitrogen and oxygen atoms in total. The second kappa shape index (κ2) is 6.22. The number of ether oxygens (including phenoxy) is 3. The molecule has 1 aliphatic heterocycles. The van der Waals surface area contributed by atoms with Crippen LogP contribution >= 0.6 is 0 Å². The van der Waals surface area contributed by atoms with Crippen molar-refractivity contribution < 1.29 is 19.0 Å². The van der Waals surface area contributed by atoms with Crippen molar-refractivity contribution in [1.82, 2.24) is 5.32 Å². The van der Waals surface area contributed by atoms with Crippen molar-refractivity contribution in [3.63, 3.8) is 0 Å². The summed E-state index contributed by atoms with van der Waals surface area (Å²) in [5.41, 5.74) is 6.07. The van der Waals surface area contributed by atoms with Crippen molar-refractivity contribution in [3.05, 3.63) is 17.7 Å². The third-order valence-corrected chi connectivity index (χ3v) is 2.97. The molecule has 2 rings (SSSR count). The van der Waals surface area contributed by atoms with Crippen LogP contribution in [0.3, 0.4) is 0 Å². The van der Waals surface area contributed by atoms with Crippen LogP contribution in [0.15, 0.2) is 12.1 Å². The molecule has 0 aromatic heterocycles. The van der Waals surface area contributed by atoms with Gasteiger partial charge in [0, 0.05) is 23.7 Å². The zero-order valence-electron chi connectivity index (χ0n) is 12.7. The minimum atomic E-state index is -0.384. The Morgan fingerprint density at radius 2 is 2.00 bits per heavy atom. The van der Waals surface area contributed by atoms with Gasteiger partial charge in [-0.25, -0.2) is 0 Å². The summed E-state index contributed by atoms with van der Waals surface area (Å²) < 4.78 is 16.4. The molecule has 3 N–H and O–H groups in total. The van der Waals surface area contributed by atoms with E-state index in [1.54, 1.807) is 6.07 Å². The largest absolute Gasteiger partial charge is 0.493 e. The third kappa shape index (κ3) is 4.53. The summed E-state index contributed by atoms with van der Waals surface area (Å²) in [5.74, 6) is 1.66. The molecule has 0 fully saturated rings. The van der Waals surface area contributed by atoms with Crippen molar-refractivity contribution in [3.8, 4) is 17.2 Å². The van der Waals surface area contributed by atoms with Crippen LogP contribution in [-0.2, 0) is 11.3 Å². The molecule has 0 radical (unpaired) electrons. The average Bonchev–Trinajstić information content (AvgIpc) is 2.81. The molecule has 0 aliphatic carbocycles. The fraction of sp³-hybridized carbons (Fsp3) is 0.533. The zero-order valence-corrected chi connectivity index (χ0v) is 12.7. The first-order valence-corrected chi connectivity index (χ1v) is 6.94. The average molecular weight is 294 g/mol. The number of fused-ring (bicyclic) bond motifs is 1. The van der Waals surface area contributed by atoms with E-state index in [-0.39, 0.29) is 31.3 Å². The molecule has 0 unspecified atom stereocenters. The molecule has 116 valence electrons. The van der Waals surface area contributed by atoms with Crippen LogP contribution in [0.4, 0.5) is 0 Å². The summed E-state index contributed by atoms with van der Waals surface area (Å²) in [6.07, 6.45) is 0.181. The summed E-state index contributed by atoms with van der Waals surface area (Å²) in [7, 11) is 0. The molecular formula is C15H22N2O4. The first kappa shape index (κ1) is 15.4. The number of nitrogens with one attached hydrogen (secondary N) is 1. The van der Waals surface area contributed by atoms with Gasteiger partial charge in [0.05, 0.1) is 13.0 Å². The van der Waals surface area contributed by atoms with Gasteiger partial charge in [-0.05, 0) is 26.8 Å². The molecule has 0 saturated heterocycles. The van der Waals surface area contributed by atoms with Gasteiger partial charge in [0.15, 0.2) is 11.5 Å². The number of hydrogen-bond donors (Lipinski definition) is 2. The van der Waals surface area contributed by atoms with E-state index in [9.17, 15) is 4.79 Å². The van der Waals surface area contributed by atoms with E-state index in [4.69, 9.17) is 19.9 Å². The van der Waals surface area contributed by atoms with Crippen molar-refractivity contribution in [2.45, 2.75) is 39.3 Å². The number of hydrogen-bond acceptors (Lipinski definition) is 5. The van der Waals surface area contributed by atoms with E-state index >= 15 is 0 Å². The lowest BCUT2D eigenvalue weighted by molar-refractivity contribution is -0.118. The van der Waals surface area contributed by atoms with E-state index in [0.29, 0.717) is 23.8 Å². The maximum atomic E-state index is 10.8. The Labute approximate surface area is 124 Å². The molecule has 0 atom stereocenters. The maximum Gasteiger partial charge on any atom is 0.231 e. The standard InChI is InChI=1S/C15H22N2O4/c1-15(2,3)17-8-10-6-12-13(21-9-20-12)7-11(10)19-5-4-14(16)18/h6-7,17H,4-5,8-9H2,1-3H3,(H2,16,18). The van der Waals surface area contributed by atoms with E-state index in [1.807, 2.05) is 6.07 Å².